The molecule has 0 spiro atoms. The fourth-order valence-corrected chi connectivity index (χ4v) is 4.81. The molecule has 0 bridgehead atoms. The zero-order chi connectivity index (χ0) is 15.5. The van der Waals surface area contributed by atoms with Gasteiger partial charge in [-0.1, -0.05) is 63.4 Å². The molecule has 0 saturated heterocycles. The largest absolute Gasteiger partial charge is 0.246 e. The molecule has 1 aromatic heterocycles. The maximum Gasteiger partial charge on any atom is 0.137 e. The quantitative estimate of drug-likeness (QED) is 0.766. The highest BCUT2D eigenvalue weighted by Crippen LogP contribution is 2.53. The van der Waals surface area contributed by atoms with Gasteiger partial charge in [-0.05, 0) is 31.2 Å². The van der Waals surface area contributed by atoms with Gasteiger partial charge in [-0.2, -0.15) is 5.10 Å². The summed E-state index contributed by atoms with van der Waals surface area (Å²) in [6, 6.07) is 11.1. The summed E-state index contributed by atoms with van der Waals surface area (Å²) in [5, 5.41) is 4.60. The third kappa shape index (κ3) is 2.18. The van der Waals surface area contributed by atoms with Crippen LogP contribution in [0.3, 0.4) is 0 Å². The maximum absolute atomic E-state index is 4.60. The van der Waals surface area contributed by atoms with Gasteiger partial charge in [0.1, 0.15) is 12.7 Å². The van der Waals surface area contributed by atoms with Gasteiger partial charge in [0.25, 0.3) is 0 Å². The zero-order valence-electron chi connectivity index (χ0n) is 13.8. The molecule has 1 aromatic carbocycles. The molecule has 22 heavy (non-hydrogen) atoms. The lowest BCUT2D eigenvalue weighted by atomic mass is 9.59. The minimum atomic E-state index is 0.0378. The third-order valence-electron chi connectivity index (χ3n) is 5.96. The lowest BCUT2D eigenvalue weighted by molar-refractivity contribution is 0.0825. The van der Waals surface area contributed by atoms with Gasteiger partial charge in [-0.15, -0.1) is 0 Å². The summed E-state index contributed by atoms with van der Waals surface area (Å²) in [4.78, 5) is 4.27. The number of aromatic nitrogens is 3. The summed E-state index contributed by atoms with van der Waals surface area (Å²) in [5.41, 5.74) is 1.65. The average molecular weight is 297 g/mol. The van der Waals surface area contributed by atoms with E-state index >= 15 is 0 Å². The SMILES string of the molecule is CCC1(c2ccccc2)CCCCCC1(CC)n1cncn1. The van der Waals surface area contributed by atoms with E-state index in [9.17, 15) is 0 Å². The van der Waals surface area contributed by atoms with E-state index in [4.69, 9.17) is 0 Å². The summed E-state index contributed by atoms with van der Waals surface area (Å²) in [6.07, 6.45) is 12.2. The molecule has 2 atom stereocenters. The van der Waals surface area contributed by atoms with Crippen LogP contribution in [-0.4, -0.2) is 14.8 Å². The highest BCUT2D eigenvalue weighted by Gasteiger charge is 2.52. The second-order valence-electron chi connectivity index (χ2n) is 6.59. The van der Waals surface area contributed by atoms with Gasteiger partial charge in [-0.3, -0.25) is 0 Å². The molecule has 118 valence electrons. The number of rotatable bonds is 4. The van der Waals surface area contributed by atoms with Crippen molar-refractivity contribution in [2.45, 2.75) is 69.7 Å². The molecule has 1 fully saturated rings. The molecule has 2 aromatic rings. The van der Waals surface area contributed by atoms with Gasteiger partial charge in [0, 0.05) is 5.41 Å². The number of hydrogen-bond acceptors (Lipinski definition) is 2. The Morgan fingerprint density at radius 1 is 1.00 bits per heavy atom. The van der Waals surface area contributed by atoms with Crippen molar-refractivity contribution in [3.63, 3.8) is 0 Å². The molecule has 0 aliphatic heterocycles. The molecule has 0 amide bonds. The smallest absolute Gasteiger partial charge is 0.137 e. The van der Waals surface area contributed by atoms with Crippen molar-refractivity contribution in [3.05, 3.63) is 48.5 Å². The first-order valence-corrected chi connectivity index (χ1v) is 8.70. The van der Waals surface area contributed by atoms with Crippen molar-refractivity contribution in [3.8, 4) is 0 Å². The Bertz CT molecular complexity index is 578. The van der Waals surface area contributed by atoms with E-state index in [2.05, 4.69) is 58.9 Å². The Morgan fingerprint density at radius 2 is 1.77 bits per heavy atom. The second-order valence-corrected chi connectivity index (χ2v) is 6.59. The minimum Gasteiger partial charge on any atom is -0.246 e. The van der Waals surface area contributed by atoms with Crippen molar-refractivity contribution in [2.24, 2.45) is 0 Å². The van der Waals surface area contributed by atoms with Crippen LogP contribution < -0.4 is 0 Å². The molecule has 1 heterocycles. The number of nitrogens with zero attached hydrogens (tertiary/aromatic N) is 3. The van der Waals surface area contributed by atoms with Gasteiger partial charge in [-0.25, -0.2) is 9.67 Å². The third-order valence-corrected chi connectivity index (χ3v) is 5.96. The standard InChI is InChI=1S/C19H27N3/c1-3-18(17-11-7-5-8-12-17)13-9-6-10-14-19(18,4-2)22-16-20-15-21-22/h5,7-8,11-12,15-16H,3-4,6,9-10,13-14H2,1-2H3. The van der Waals surface area contributed by atoms with E-state index in [0.717, 1.165) is 12.8 Å². The molecule has 1 saturated carbocycles. The van der Waals surface area contributed by atoms with Crippen LogP contribution in [0.2, 0.25) is 0 Å². The molecular weight excluding hydrogens is 270 g/mol. The first-order valence-electron chi connectivity index (χ1n) is 8.70. The highest BCUT2D eigenvalue weighted by molar-refractivity contribution is 5.30. The Hall–Kier alpha value is -1.64. The predicted molar refractivity (Wildman–Crippen MR) is 89.8 cm³/mol. The minimum absolute atomic E-state index is 0.0378. The Kier molecular flexibility index (Phi) is 4.32. The van der Waals surface area contributed by atoms with Gasteiger partial charge in [0.2, 0.25) is 0 Å². The fourth-order valence-electron chi connectivity index (χ4n) is 4.81. The van der Waals surface area contributed by atoms with Crippen LogP contribution in [-0.2, 0) is 11.0 Å². The van der Waals surface area contributed by atoms with Crippen molar-refractivity contribution in [2.75, 3.05) is 0 Å². The molecule has 1 aliphatic carbocycles. The van der Waals surface area contributed by atoms with E-state index in [-0.39, 0.29) is 11.0 Å². The van der Waals surface area contributed by atoms with E-state index < -0.39 is 0 Å². The summed E-state index contributed by atoms with van der Waals surface area (Å²) in [5.74, 6) is 0. The molecule has 3 rings (SSSR count). The van der Waals surface area contributed by atoms with Crippen molar-refractivity contribution < 1.29 is 0 Å². The normalized spacial score (nSPS) is 29.2. The zero-order valence-corrected chi connectivity index (χ0v) is 13.8. The van der Waals surface area contributed by atoms with Crippen LogP contribution in [0.4, 0.5) is 0 Å². The van der Waals surface area contributed by atoms with Crippen LogP contribution in [0.5, 0.6) is 0 Å². The molecule has 3 nitrogen and oxygen atoms in total. The van der Waals surface area contributed by atoms with Gasteiger partial charge in [0.05, 0.1) is 5.54 Å². The van der Waals surface area contributed by atoms with E-state index in [1.807, 2.05) is 6.33 Å². The van der Waals surface area contributed by atoms with Crippen molar-refractivity contribution in [1.29, 1.82) is 0 Å². The summed E-state index contributed by atoms with van der Waals surface area (Å²) in [7, 11) is 0. The molecule has 2 unspecified atom stereocenters. The average Bonchev–Trinajstić information content (AvgIpc) is 3.04. The maximum atomic E-state index is 4.60. The van der Waals surface area contributed by atoms with Crippen molar-refractivity contribution in [1.82, 2.24) is 14.8 Å². The van der Waals surface area contributed by atoms with Gasteiger partial charge in [0.15, 0.2) is 0 Å². The Morgan fingerprint density at radius 3 is 2.41 bits per heavy atom. The number of benzene rings is 1. The molecular formula is C19H27N3. The van der Waals surface area contributed by atoms with Crippen LogP contribution in [0.1, 0.15) is 64.4 Å². The summed E-state index contributed by atoms with van der Waals surface area (Å²) >= 11 is 0. The second kappa shape index (κ2) is 6.23. The van der Waals surface area contributed by atoms with E-state index in [1.165, 1.54) is 37.7 Å². The van der Waals surface area contributed by atoms with Crippen LogP contribution in [0, 0.1) is 0 Å². The number of hydrogen-bond donors (Lipinski definition) is 0. The Balaban J connectivity index is 2.22. The van der Waals surface area contributed by atoms with E-state index in [0.29, 0.717) is 0 Å². The van der Waals surface area contributed by atoms with Gasteiger partial charge < -0.3 is 0 Å². The Labute approximate surface area is 133 Å². The summed E-state index contributed by atoms with van der Waals surface area (Å²) in [6.45, 7) is 4.67. The van der Waals surface area contributed by atoms with Gasteiger partial charge >= 0.3 is 0 Å². The first kappa shape index (κ1) is 15.3. The predicted octanol–water partition coefficient (Wildman–Crippen LogP) is 4.70. The lowest BCUT2D eigenvalue weighted by Crippen LogP contribution is -2.52. The molecule has 3 heteroatoms. The van der Waals surface area contributed by atoms with E-state index in [1.54, 1.807) is 6.33 Å². The monoisotopic (exact) mass is 297 g/mol. The molecule has 1 aliphatic rings. The molecule has 0 radical (unpaired) electrons. The highest BCUT2D eigenvalue weighted by atomic mass is 15.4. The lowest BCUT2D eigenvalue weighted by Gasteiger charge is -2.50. The van der Waals surface area contributed by atoms with Crippen molar-refractivity contribution >= 4 is 0 Å². The van der Waals surface area contributed by atoms with Crippen LogP contribution >= 0.6 is 0 Å². The fraction of sp³-hybridized carbons (Fsp3) is 0.579. The molecule has 0 N–H and O–H groups in total. The first-order chi connectivity index (χ1) is 10.8. The van der Waals surface area contributed by atoms with Crippen LogP contribution in [0.15, 0.2) is 43.0 Å². The topological polar surface area (TPSA) is 30.7 Å². The summed E-state index contributed by atoms with van der Waals surface area (Å²) < 4.78 is 2.18. The van der Waals surface area contributed by atoms with Crippen LogP contribution in [0.25, 0.3) is 0 Å².